The highest BCUT2D eigenvalue weighted by Gasteiger charge is 2.69. The van der Waals surface area contributed by atoms with Gasteiger partial charge in [0.2, 0.25) is 5.41 Å². The average Bonchev–Trinajstić information content (AvgIpc) is 2.97. The molecule has 2 nitrogen and oxygen atoms in total. The summed E-state index contributed by atoms with van der Waals surface area (Å²) in [4.78, 5) is 0.887. The molecule has 0 spiro atoms. The summed E-state index contributed by atoms with van der Waals surface area (Å²) in [6.45, 7) is 1.77. The molecule has 0 saturated carbocycles. The minimum absolute atomic E-state index is 0.0396. The molecule has 0 amide bonds. The second-order valence-corrected chi connectivity index (χ2v) is 10.9. The molecular weight excluding hydrogens is 508 g/mol. The smallest absolute Gasteiger partial charge is 0.407 e. The van der Waals surface area contributed by atoms with E-state index in [0.29, 0.717) is 10.8 Å². The van der Waals surface area contributed by atoms with Crippen LogP contribution in [0.2, 0.25) is 5.02 Å². The van der Waals surface area contributed by atoms with Crippen LogP contribution >= 0.6 is 23.4 Å². The molecule has 0 aliphatic carbocycles. The van der Waals surface area contributed by atoms with Gasteiger partial charge in [-0.25, -0.2) is 0 Å². The van der Waals surface area contributed by atoms with Gasteiger partial charge in [-0.2, -0.15) is 26.3 Å². The molecule has 33 heavy (non-hydrogen) atoms. The minimum Gasteiger partial charge on any atom is -0.611 e. The predicted octanol–water partition coefficient (Wildman–Crippen LogP) is 6.56. The molecule has 2 aromatic rings. The van der Waals surface area contributed by atoms with E-state index >= 15 is 0 Å². The molecule has 0 aromatic heterocycles. The second kappa shape index (κ2) is 10.3. The first-order valence-corrected chi connectivity index (χ1v) is 12.8. The quantitative estimate of drug-likeness (QED) is 0.261. The van der Waals surface area contributed by atoms with E-state index in [9.17, 15) is 30.9 Å². The molecule has 0 bridgehead atoms. The summed E-state index contributed by atoms with van der Waals surface area (Å²) in [6, 6.07) is 9.64. The van der Waals surface area contributed by atoms with E-state index in [4.69, 9.17) is 11.6 Å². The molecule has 11 heteroatoms. The van der Waals surface area contributed by atoms with Crippen molar-refractivity contribution in [1.29, 1.82) is 0 Å². The highest BCUT2D eigenvalue weighted by molar-refractivity contribution is 7.98. The zero-order valence-electron chi connectivity index (χ0n) is 17.6. The van der Waals surface area contributed by atoms with E-state index < -0.39 is 34.7 Å². The Kier molecular flexibility index (Phi) is 8.26. The Morgan fingerprint density at radius 1 is 0.970 bits per heavy atom. The highest BCUT2D eigenvalue weighted by Crippen LogP contribution is 2.51. The lowest BCUT2D eigenvalue weighted by molar-refractivity contribution is -0.325. The summed E-state index contributed by atoms with van der Waals surface area (Å²) in [6.07, 6.45) is -9.40. The van der Waals surface area contributed by atoms with E-state index in [1.54, 1.807) is 12.1 Å². The van der Waals surface area contributed by atoms with Crippen LogP contribution in [0, 0.1) is 5.41 Å². The molecule has 182 valence electrons. The largest absolute Gasteiger partial charge is 0.611 e. The SMILES string of the molecule is CC(C[S+]([O-])c1ccc(CSc2c(Cl)ccc3c2CCNCC3)cc1)(C(F)(F)F)C(F)(F)F. The number of alkyl halides is 6. The third kappa shape index (κ3) is 5.96. The average molecular weight is 530 g/mol. The highest BCUT2D eigenvalue weighted by atomic mass is 35.5. The summed E-state index contributed by atoms with van der Waals surface area (Å²) < 4.78 is 91.0. The number of benzene rings is 2. The standard InChI is InChI=1S/C22H22ClF6NOS2/c1-20(21(24,25)26,22(27,28)29)13-33(31)16-5-2-14(3-6-16)12-32-19-17-9-11-30-10-8-15(17)4-7-18(19)23/h2-7,30H,8-13H2,1H3. The number of rotatable bonds is 6. The molecule has 1 atom stereocenters. The van der Waals surface area contributed by atoms with Gasteiger partial charge in [0.1, 0.15) is 5.75 Å². The van der Waals surface area contributed by atoms with Gasteiger partial charge in [0.25, 0.3) is 0 Å². The lowest BCUT2D eigenvalue weighted by Crippen LogP contribution is -2.52. The normalized spacial score (nSPS) is 16.3. The Morgan fingerprint density at radius 3 is 2.18 bits per heavy atom. The molecule has 1 heterocycles. The molecule has 0 fully saturated rings. The number of halogens is 7. The first-order chi connectivity index (χ1) is 15.3. The lowest BCUT2D eigenvalue weighted by atomic mass is 9.92. The van der Waals surface area contributed by atoms with Crippen LogP contribution in [0.15, 0.2) is 46.2 Å². The van der Waals surface area contributed by atoms with Gasteiger partial charge in [-0.1, -0.05) is 29.8 Å². The van der Waals surface area contributed by atoms with Gasteiger partial charge in [0, 0.05) is 10.6 Å². The Hall–Kier alpha value is -1.07. The van der Waals surface area contributed by atoms with Crippen LogP contribution in [0.25, 0.3) is 0 Å². The molecule has 1 N–H and O–H groups in total. The first-order valence-electron chi connectivity index (χ1n) is 10.1. The topological polar surface area (TPSA) is 35.1 Å². The van der Waals surface area contributed by atoms with Crippen molar-refractivity contribution in [1.82, 2.24) is 5.32 Å². The zero-order valence-corrected chi connectivity index (χ0v) is 20.0. The third-order valence-electron chi connectivity index (χ3n) is 5.67. The molecule has 2 aromatic carbocycles. The maximum absolute atomic E-state index is 13.1. The Morgan fingerprint density at radius 2 is 1.58 bits per heavy atom. The monoisotopic (exact) mass is 529 g/mol. The van der Waals surface area contributed by atoms with E-state index in [1.165, 1.54) is 35.0 Å². The third-order valence-corrected chi connectivity index (χ3v) is 8.97. The van der Waals surface area contributed by atoms with Crippen LogP contribution in [0.4, 0.5) is 26.3 Å². The second-order valence-electron chi connectivity index (χ2n) is 8.01. The van der Waals surface area contributed by atoms with Gasteiger partial charge < -0.3 is 9.87 Å². The summed E-state index contributed by atoms with van der Waals surface area (Å²) >= 11 is 5.46. The van der Waals surface area contributed by atoms with E-state index in [1.807, 2.05) is 12.1 Å². The molecule has 3 rings (SSSR count). The van der Waals surface area contributed by atoms with Gasteiger partial charge in [-0.05, 0) is 78.9 Å². The Balaban J connectivity index is 1.71. The zero-order chi connectivity index (χ0) is 24.4. The van der Waals surface area contributed by atoms with Gasteiger partial charge in [0.05, 0.1) is 5.02 Å². The van der Waals surface area contributed by atoms with Crippen molar-refractivity contribution in [3.63, 3.8) is 0 Å². The molecule has 0 radical (unpaired) electrons. The summed E-state index contributed by atoms with van der Waals surface area (Å²) in [5, 5.41) is 3.98. The molecule has 0 saturated heterocycles. The first kappa shape index (κ1) is 26.5. The maximum Gasteiger partial charge on any atom is 0.407 e. The fraction of sp³-hybridized carbons (Fsp3) is 0.455. The van der Waals surface area contributed by atoms with Crippen LogP contribution in [0.5, 0.6) is 0 Å². The fourth-order valence-corrected chi connectivity index (χ4v) is 6.34. The fourth-order valence-electron chi connectivity index (χ4n) is 3.43. The lowest BCUT2D eigenvalue weighted by Gasteiger charge is -2.33. The Labute approximate surface area is 200 Å². The van der Waals surface area contributed by atoms with Crippen LogP contribution in [0.1, 0.15) is 23.6 Å². The van der Waals surface area contributed by atoms with Crippen LogP contribution in [-0.4, -0.2) is 35.7 Å². The number of hydrogen-bond donors (Lipinski definition) is 1. The van der Waals surface area contributed by atoms with Crippen molar-refractivity contribution in [2.45, 2.75) is 47.7 Å². The summed E-state index contributed by atoms with van der Waals surface area (Å²) in [5.41, 5.74) is -0.852. The van der Waals surface area contributed by atoms with Crippen molar-refractivity contribution < 1.29 is 30.9 Å². The minimum atomic E-state index is -5.57. The van der Waals surface area contributed by atoms with Crippen molar-refractivity contribution in [3.8, 4) is 0 Å². The number of nitrogens with one attached hydrogen (secondary N) is 1. The number of fused-ring (bicyclic) bond motifs is 1. The predicted molar refractivity (Wildman–Crippen MR) is 119 cm³/mol. The van der Waals surface area contributed by atoms with Crippen molar-refractivity contribution >= 4 is 34.5 Å². The number of hydrogen-bond acceptors (Lipinski definition) is 3. The van der Waals surface area contributed by atoms with Crippen LogP contribution in [0.3, 0.4) is 0 Å². The van der Waals surface area contributed by atoms with Crippen molar-refractivity contribution in [3.05, 3.63) is 58.1 Å². The van der Waals surface area contributed by atoms with E-state index in [2.05, 4.69) is 5.32 Å². The van der Waals surface area contributed by atoms with Crippen LogP contribution < -0.4 is 5.32 Å². The van der Waals surface area contributed by atoms with E-state index in [-0.39, 0.29) is 11.8 Å². The molecular formula is C22H22ClF6NOS2. The van der Waals surface area contributed by atoms with Crippen molar-refractivity contribution in [2.24, 2.45) is 5.41 Å². The van der Waals surface area contributed by atoms with Crippen molar-refractivity contribution in [2.75, 3.05) is 18.8 Å². The molecule has 1 aliphatic heterocycles. The van der Waals surface area contributed by atoms with Gasteiger partial charge >= 0.3 is 12.4 Å². The number of thioether (sulfide) groups is 1. The Bertz CT molecular complexity index is 951. The summed E-state index contributed by atoms with van der Waals surface area (Å²) in [5.74, 6) is -1.09. The van der Waals surface area contributed by atoms with Gasteiger partial charge in [-0.15, -0.1) is 11.8 Å². The van der Waals surface area contributed by atoms with Gasteiger partial charge in [0.15, 0.2) is 4.90 Å². The van der Waals surface area contributed by atoms with Crippen LogP contribution in [-0.2, 0) is 29.8 Å². The molecule has 1 aliphatic rings. The van der Waals surface area contributed by atoms with Gasteiger partial charge in [-0.3, -0.25) is 0 Å². The summed E-state index contributed by atoms with van der Waals surface area (Å²) in [7, 11) is 0. The maximum atomic E-state index is 13.1. The van der Waals surface area contributed by atoms with E-state index in [0.717, 1.165) is 36.4 Å². The molecule has 1 unspecified atom stereocenters.